The molecule has 2 atom stereocenters. The van der Waals surface area contributed by atoms with Crippen LogP contribution in [-0.4, -0.2) is 38.2 Å². The smallest absolute Gasteiger partial charge is 0.330 e. The van der Waals surface area contributed by atoms with Gasteiger partial charge in [-0.3, -0.25) is 4.79 Å². The van der Waals surface area contributed by atoms with E-state index in [0.29, 0.717) is 12.1 Å². The zero-order chi connectivity index (χ0) is 25.3. The highest BCUT2D eigenvalue weighted by Gasteiger charge is 2.42. The van der Waals surface area contributed by atoms with Crippen molar-refractivity contribution in [2.24, 2.45) is 5.73 Å². The number of alkyl halides is 3. The molecule has 1 aliphatic heterocycles. The summed E-state index contributed by atoms with van der Waals surface area (Å²) in [5.74, 6) is -5.18. The average Bonchev–Trinajstić information content (AvgIpc) is 3.23. The molecule has 0 saturated carbocycles. The molecule has 0 radical (unpaired) electrons. The maximum atomic E-state index is 14.0. The highest BCUT2D eigenvalue weighted by molar-refractivity contribution is 5.85. The number of halogens is 7. The standard InChI is InChI=1S/C23H21F6N5O.ClH/c24-16-12-18(26)17(25)10-14(16)9-15(30)11-20(35)33-6-7-34-21(31-32-22(34)23(27,28)29)19(33)8-13-4-2-1-3-5-13;/h1-5,10,12,15,19H,6-9,11,30H2;1H/t15-,19?;/m1./s1. The van der Waals surface area contributed by atoms with Crippen molar-refractivity contribution in [3.63, 3.8) is 0 Å². The fraction of sp³-hybridized carbons (Fsp3) is 0.348. The van der Waals surface area contributed by atoms with Gasteiger partial charge >= 0.3 is 6.18 Å². The van der Waals surface area contributed by atoms with Crippen LogP contribution in [0.15, 0.2) is 42.5 Å². The molecule has 1 amide bonds. The third-order valence-electron chi connectivity index (χ3n) is 5.87. The van der Waals surface area contributed by atoms with Gasteiger partial charge in [-0.2, -0.15) is 13.2 Å². The van der Waals surface area contributed by atoms with Crippen LogP contribution < -0.4 is 5.73 Å². The van der Waals surface area contributed by atoms with Gasteiger partial charge in [0.1, 0.15) is 5.82 Å². The van der Waals surface area contributed by atoms with Gasteiger partial charge in [-0.15, -0.1) is 22.6 Å². The van der Waals surface area contributed by atoms with E-state index in [2.05, 4.69) is 10.2 Å². The number of aromatic nitrogens is 3. The quantitative estimate of drug-likeness (QED) is 0.380. The summed E-state index contributed by atoms with van der Waals surface area (Å²) < 4.78 is 81.8. The summed E-state index contributed by atoms with van der Waals surface area (Å²) in [5.41, 5.74) is 6.60. The second-order valence-electron chi connectivity index (χ2n) is 8.35. The molecule has 2 heterocycles. The molecule has 0 bridgehead atoms. The summed E-state index contributed by atoms with van der Waals surface area (Å²) in [6.07, 6.45) is -5.04. The highest BCUT2D eigenvalue weighted by atomic mass is 35.5. The Morgan fingerprint density at radius 2 is 1.69 bits per heavy atom. The van der Waals surface area contributed by atoms with Gasteiger partial charge in [-0.1, -0.05) is 30.3 Å². The minimum absolute atomic E-state index is 0. The zero-order valence-corrected chi connectivity index (χ0v) is 19.5. The molecular formula is C23H22ClF6N5O. The van der Waals surface area contributed by atoms with E-state index in [0.717, 1.165) is 10.1 Å². The molecule has 13 heteroatoms. The van der Waals surface area contributed by atoms with Crippen LogP contribution in [0, 0.1) is 17.5 Å². The molecule has 0 saturated heterocycles. The van der Waals surface area contributed by atoms with Crippen LogP contribution >= 0.6 is 12.4 Å². The van der Waals surface area contributed by atoms with Crippen LogP contribution in [0.4, 0.5) is 26.3 Å². The SMILES string of the molecule is Cl.N[C@@H](CC(=O)N1CCn2c(nnc2C(F)(F)F)C1Cc1ccccc1)Cc1cc(F)c(F)cc1F. The number of nitrogens with zero attached hydrogens (tertiary/aromatic N) is 4. The second-order valence-corrected chi connectivity index (χ2v) is 8.35. The Morgan fingerprint density at radius 1 is 1.03 bits per heavy atom. The monoisotopic (exact) mass is 533 g/mol. The Balaban J connectivity index is 0.00000361. The minimum atomic E-state index is -4.70. The Morgan fingerprint density at radius 3 is 2.36 bits per heavy atom. The van der Waals surface area contributed by atoms with Crippen molar-refractivity contribution in [1.82, 2.24) is 19.7 Å². The molecule has 36 heavy (non-hydrogen) atoms. The van der Waals surface area contributed by atoms with Crippen molar-refractivity contribution < 1.29 is 31.1 Å². The highest BCUT2D eigenvalue weighted by Crippen LogP contribution is 2.34. The molecule has 1 aromatic heterocycles. The van der Waals surface area contributed by atoms with Gasteiger partial charge in [0.15, 0.2) is 17.5 Å². The predicted molar refractivity (Wildman–Crippen MR) is 119 cm³/mol. The number of hydrogen-bond acceptors (Lipinski definition) is 4. The topological polar surface area (TPSA) is 77.0 Å². The first-order valence-electron chi connectivity index (χ1n) is 10.8. The first-order valence-corrected chi connectivity index (χ1v) is 10.8. The molecule has 6 nitrogen and oxygen atoms in total. The predicted octanol–water partition coefficient (Wildman–Crippen LogP) is 4.22. The first kappa shape index (κ1) is 27.5. The lowest BCUT2D eigenvalue weighted by Gasteiger charge is -2.36. The summed E-state index contributed by atoms with van der Waals surface area (Å²) in [5, 5.41) is 7.06. The van der Waals surface area contributed by atoms with Crippen molar-refractivity contribution in [2.75, 3.05) is 6.54 Å². The lowest BCUT2D eigenvalue weighted by Crippen LogP contribution is -2.45. The number of benzene rings is 2. The average molecular weight is 534 g/mol. The lowest BCUT2D eigenvalue weighted by atomic mass is 9.99. The van der Waals surface area contributed by atoms with Crippen LogP contribution in [-0.2, 0) is 30.4 Å². The Bertz CT molecular complexity index is 1220. The van der Waals surface area contributed by atoms with Crippen LogP contribution in [0.5, 0.6) is 0 Å². The van der Waals surface area contributed by atoms with E-state index < -0.39 is 47.4 Å². The van der Waals surface area contributed by atoms with Gasteiger partial charge < -0.3 is 15.2 Å². The molecule has 1 unspecified atom stereocenters. The minimum Gasteiger partial charge on any atom is -0.330 e. The number of rotatable bonds is 6. The van der Waals surface area contributed by atoms with E-state index in [1.54, 1.807) is 30.3 Å². The van der Waals surface area contributed by atoms with Gasteiger partial charge in [0.25, 0.3) is 0 Å². The van der Waals surface area contributed by atoms with Crippen molar-refractivity contribution in [1.29, 1.82) is 0 Å². The fourth-order valence-corrected chi connectivity index (χ4v) is 4.25. The van der Waals surface area contributed by atoms with Crippen LogP contribution in [0.1, 0.15) is 35.2 Å². The second kappa shape index (κ2) is 10.9. The van der Waals surface area contributed by atoms with Gasteiger partial charge in [-0.05, 0) is 23.6 Å². The van der Waals surface area contributed by atoms with Gasteiger partial charge in [0.05, 0.1) is 6.04 Å². The number of carbonyl (C=O) groups is 1. The van der Waals surface area contributed by atoms with E-state index in [9.17, 15) is 31.1 Å². The molecule has 4 rings (SSSR count). The number of hydrogen-bond donors (Lipinski definition) is 1. The molecule has 1 aliphatic rings. The Hall–Kier alpha value is -3.12. The maximum absolute atomic E-state index is 14.0. The normalized spacial score (nSPS) is 16.3. The van der Waals surface area contributed by atoms with Gasteiger partial charge in [-0.25, -0.2) is 13.2 Å². The molecule has 2 N–H and O–H groups in total. The van der Waals surface area contributed by atoms with E-state index in [-0.39, 0.29) is 56.1 Å². The summed E-state index contributed by atoms with van der Waals surface area (Å²) in [4.78, 5) is 14.5. The number of nitrogens with two attached hydrogens (primary N) is 1. The molecule has 0 spiro atoms. The largest absolute Gasteiger partial charge is 0.451 e. The molecular weight excluding hydrogens is 512 g/mol. The number of carbonyl (C=O) groups excluding carboxylic acids is 1. The van der Waals surface area contributed by atoms with Crippen LogP contribution in [0.2, 0.25) is 0 Å². The third kappa shape index (κ3) is 5.81. The fourth-order valence-electron chi connectivity index (χ4n) is 4.25. The molecule has 194 valence electrons. The molecule has 0 fully saturated rings. The summed E-state index contributed by atoms with van der Waals surface area (Å²) in [6.45, 7) is -0.210. The summed E-state index contributed by atoms with van der Waals surface area (Å²) in [7, 11) is 0. The lowest BCUT2D eigenvalue weighted by molar-refractivity contribution is -0.148. The van der Waals surface area contributed by atoms with E-state index in [1.165, 1.54) is 4.90 Å². The first-order chi connectivity index (χ1) is 16.5. The van der Waals surface area contributed by atoms with Crippen LogP contribution in [0.25, 0.3) is 0 Å². The maximum Gasteiger partial charge on any atom is 0.451 e. The summed E-state index contributed by atoms with van der Waals surface area (Å²) >= 11 is 0. The third-order valence-corrected chi connectivity index (χ3v) is 5.87. The molecule has 2 aromatic carbocycles. The van der Waals surface area contributed by atoms with E-state index >= 15 is 0 Å². The van der Waals surface area contributed by atoms with E-state index in [4.69, 9.17) is 5.73 Å². The Labute approximate surface area is 208 Å². The summed E-state index contributed by atoms with van der Waals surface area (Å²) in [6, 6.07) is 8.19. The van der Waals surface area contributed by atoms with Crippen LogP contribution in [0.3, 0.4) is 0 Å². The number of amides is 1. The molecule has 0 aliphatic carbocycles. The molecule has 3 aromatic rings. The van der Waals surface area contributed by atoms with E-state index in [1.807, 2.05) is 0 Å². The van der Waals surface area contributed by atoms with Gasteiger partial charge in [0.2, 0.25) is 11.7 Å². The zero-order valence-electron chi connectivity index (χ0n) is 18.7. The van der Waals surface area contributed by atoms with Crippen molar-refractivity contribution in [2.45, 2.75) is 44.1 Å². The van der Waals surface area contributed by atoms with Crippen molar-refractivity contribution in [3.05, 3.63) is 82.7 Å². The Kier molecular flexibility index (Phi) is 8.29. The van der Waals surface area contributed by atoms with Crippen molar-refractivity contribution >= 4 is 18.3 Å². The van der Waals surface area contributed by atoms with Gasteiger partial charge in [0, 0.05) is 38.0 Å². The number of fused-ring (bicyclic) bond motifs is 1. The van der Waals surface area contributed by atoms with Crippen molar-refractivity contribution in [3.8, 4) is 0 Å².